The summed E-state index contributed by atoms with van der Waals surface area (Å²) in [7, 11) is -8.58. The minimum atomic E-state index is -4.29. The van der Waals surface area contributed by atoms with Gasteiger partial charge in [0, 0.05) is 11.5 Å². The Morgan fingerprint density at radius 1 is 0.769 bits per heavy atom. The van der Waals surface area contributed by atoms with E-state index in [0.717, 1.165) is 0 Å². The Morgan fingerprint density at radius 2 is 1.00 bits per heavy atom. The van der Waals surface area contributed by atoms with Crippen molar-refractivity contribution in [1.82, 2.24) is 0 Å². The smallest absolute Gasteiger partial charge is 0.748 e. The summed E-state index contributed by atoms with van der Waals surface area (Å²) in [5, 5.41) is 0. The second kappa shape index (κ2) is 6.72. The number of hydrogen-bond acceptors (Lipinski definition) is 6. The first kappa shape index (κ1) is 16.7. The minimum Gasteiger partial charge on any atom is -0.748 e. The predicted octanol–water partition coefficient (Wildman–Crippen LogP) is -1.52. The monoisotopic (exact) mass is 304 g/mol. The standard InChI is InChI=1S/C4H10O6S2.Sr/c5-11(6,7)3-1-2-4-12(8,9)10;/h1-4H2,(H,5,6,7)(H,8,9,10);/q;+2/p-2. The van der Waals surface area contributed by atoms with Crippen molar-refractivity contribution in [2.45, 2.75) is 12.8 Å². The zero-order valence-corrected chi connectivity index (χ0v) is 11.9. The van der Waals surface area contributed by atoms with Gasteiger partial charge in [-0.15, -0.1) is 0 Å². The molecule has 0 amide bonds. The molecule has 0 aromatic heterocycles. The third kappa shape index (κ3) is 16.0. The van der Waals surface area contributed by atoms with Gasteiger partial charge in [0.1, 0.15) is 0 Å². The SMILES string of the molecule is O=S(=O)([O-])CCCCS(=O)(=O)[O-].[Sr+2]. The molecule has 9 heteroatoms. The van der Waals surface area contributed by atoms with E-state index < -0.39 is 31.7 Å². The molecule has 0 bridgehead atoms. The van der Waals surface area contributed by atoms with Crippen molar-refractivity contribution in [2.75, 3.05) is 11.5 Å². The molecule has 0 aromatic carbocycles. The maximum Gasteiger partial charge on any atom is 2.00 e. The molecule has 0 rings (SSSR count). The van der Waals surface area contributed by atoms with Crippen LogP contribution in [0.3, 0.4) is 0 Å². The van der Waals surface area contributed by atoms with Gasteiger partial charge >= 0.3 is 45.5 Å². The third-order valence-corrected chi connectivity index (χ3v) is 2.62. The molecule has 13 heavy (non-hydrogen) atoms. The number of unbranched alkanes of at least 4 members (excludes halogenated alkanes) is 1. The van der Waals surface area contributed by atoms with Crippen LogP contribution in [0.5, 0.6) is 0 Å². The van der Waals surface area contributed by atoms with Gasteiger partial charge in [-0.3, -0.25) is 0 Å². The van der Waals surface area contributed by atoms with Crippen LogP contribution in [0.15, 0.2) is 0 Å². The Bertz CT molecular complexity index is 283. The van der Waals surface area contributed by atoms with Crippen molar-refractivity contribution in [2.24, 2.45) is 0 Å². The Hall–Kier alpha value is 1.30. The largest absolute Gasteiger partial charge is 2.00 e. The summed E-state index contributed by atoms with van der Waals surface area (Å²) in [6.07, 6.45) is -0.180. The summed E-state index contributed by atoms with van der Waals surface area (Å²) in [6, 6.07) is 0. The van der Waals surface area contributed by atoms with E-state index in [2.05, 4.69) is 0 Å². The van der Waals surface area contributed by atoms with Gasteiger partial charge in [0.15, 0.2) is 0 Å². The number of hydrogen-bond donors (Lipinski definition) is 0. The number of rotatable bonds is 5. The maximum absolute atomic E-state index is 9.97. The summed E-state index contributed by atoms with van der Waals surface area (Å²) in [5.74, 6) is -1.24. The summed E-state index contributed by atoms with van der Waals surface area (Å²) in [6.45, 7) is 0. The van der Waals surface area contributed by atoms with E-state index in [9.17, 15) is 25.9 Å². The normalized spacial score (nSPS) is 12.2. The molecule has 0 N–H and O–H groups in total. The molecular weight excluding hydrogens is 296 g/mol. The molecule has 0 aliphatic heterocycles. The topological polar surface area (TPSA) is 114 Å². The second-order valence-electron chi connectivity index (χ2n) is 2.23. The van der Waals surface area contributed by atoms with E-state index in [1.165, 1.54) is 0 Å². The van der Waals surface area contributed by atoms with E-state index >= 15 is 0 Å². The van der Waals surface area contributed by atoms with Crippen LogP contribution in [0, 0.1) is 0 Å². The van der Waals surface area contributed by atoms with Crippen LogP contribution in [0.4, 0.5) is 0 Å². The van der Waals surface area contributed by atoms with Gasteiger partial charge in [0.05, 0.1) is 20.2 Å². The summed E-state index contributed by atoms with van der Waals surface area (Å²) in [5.41, 5.74) is 0. The van der Waals surface area contributed by atoms with Crippen LogP contribution in [-0.2, 0) is 20.2 Å². The third-order valence-electron chi connectivity index (χ3n) is 1.04. The van der Waals surface area contributed by atoms with Gasteiger partial charge in [-0.05, 0) is 12.8 Å². The molecule has 0 aliphatic carbocycles. The molecule has 0 aromatic rings. The van der Waals surface area contributed by atoms with E-state index in [-0.39, 0.29) is 58.3 Å². The Morgan fingerprint density at radius 3 is 1.15 bits per heavy atom. The summed E-state index contributed by atoms with van der Waals surface area (Å²) >= 11 is 0. The van der Waals surface area contributed by atoms with Crippen LogP contribution in [-0.4, -0.2) is 82.9 Å². The zero-order valence-electron chi connectivity index (χ0n) is 6.80. The molecule has 0 saturated carbocycles. The van der Waals surface area contributed by atoms with Crippen LogP contribution in [0.2, 0.25) is 0 Å². The maximum atomic E-state index is 9.97. The molecule has 0 aliphatic rings. The Balaban J connectivity index is 0. The molecule has 0 radical (unpaired) electrons. The van der Waals surface area contributed by atoms with Gasteiger partial charge in [0.25, 0.3) is 0 Å². The fourth-order valence-electron chi connectivity index (χ4n) is 0.558. The van der Waals surface area contributed by atoms with Crippen molar-refractivity contribution < 1.29 is 25.9 Å². The molecule has 74 valence electrons. The molecule has 0 heterocycles. The van der Waals surface area contributed by atoms with Gasteiger partial charge in [-0.25, -0.2) is 16.8 Å². The summed E-state index contributed by atoms with van der Waals surface area (Å²) in [4.78, 5) is 0. The zero-order chi connectivity index (χ0) is 9.83. The van der Waals surface area contributed by atoms with Crippen LogP contribution in [0.25, 0.3) is 0 Å². The first-order valence-electron chi connectivity index (χ1n) is 3.08. The average Bonchev–Trinajstić information content (AvgIpc) is 1.76. The fraction of sp³-hybridized carbons (Fsp3) is 1.00. The molecule has 0 saturated heterocycles. The second-order valence-corrected chi connectivity index (χ2v) is 5.28. The molecule has 0 atom stereocenters. The minimum absolute atomic E-state index is 0. The van der Waals surface area contributed by atoms with Crippen molar-refractivity contribution in [3.63, 3.8) is 0 Å². The van der Waals surface area contributed by atoms with Gasteiger partial charge in [-0.2, -0.15) is 0 Å². The van der Waals surface area contributed by atoms with Gasteiger partial charge < -0.3 is 9.11 Å². The predicted molar refractivity (Wildman–Crippen MR) is 44.1 cm³/mol. The van der Waals surface area contributed by atoms with Crippen LogP contribution in [0.1, 0.15) is 12.8 Å². The first-order chi connectivity index (χ1) is 5.21. The van der Waals surface area contributed by atoms with Gasteiger partial charge in [0.2, 0.25) is 0 Å². The molecule has 6 nitrogen and oxygen atoms in total. The summed E-state index contributed by atoms with van der Waals surface area (Å²) < 4.78 is 59.8. The molecule has 0 unspecified atom stereocenters. The van der Waals surface area contributed by atoms with E-state index in [1.54, 1.807) is 0 Å². The Labute approximate surface area is 114 Å². The molecule has 0 fully saturated rings. The van der Waals surface area contributed by atoms with Crippen molar-refractivity contribution in [1.29, 1.82) is 0 Å². The van der Waals surface area contributed by atoms with Gasteiger partial charge in [-0.1, -0.05) is 0 Å². The fourth-order valence-corrected chi connectivity index (χ4v) is 1.67. The van der Waals surface area contributed by atoms with E-state index in [4.69, 9.17) is 0 Å². The van der Waals surface area contributed by atoms with E-state index in [0.29, 0.717) is 0 Å². The van der Waals surface area contributed by atoms with Crippen LogP contribution < -0.4 is 0 Å². The van der Waals surface area contributed by atoms with Crippen LogP contribution >= 0.6 is 0 Å². The van der Waals surface area contributed by atoms with Crippen molar-refractivity contribution >= 4 is 65.7 Å². The average molecular weight is 304 g/mol. The molecular formula is C4H8O6S2Sr. The molecule has 0 spiro atoms. The Kier molecular flexibility index (Phi) is 8.65. The van der Waals surface area contributed by atoms with E-state index in [1.807, 2.05) is 0 Å². The van der Waals surface area contributed by atoms with Crippen molar-refractivity contribution in [3.8, 4) is 0 Å². The first-order valence-corrected chi connectivity index (χ1v) is 6.23. The van der Waals surface area contributed by atoms with Crippen molar-refractivity contribution in [3.05, 3.63) is 0 Å². The quantitative estimate of drug-likeness (QED) is 0.346.